The van der Waals surface area contributed by atoms with Gasteiger partial charge < -0.3 is 5.32 Å². The van der Waals surface area contributed by atoms with Crippen LogP contribution in [0.2, 0.25) is 0 Å². The van der Waals surface area contributed by atoms with E-state index in [9.17, 15) is 13.2 Å². The summed E-state index contributed by atoms with van der Waals surface area (Å²) >= 11 is 0. The van der Waals surface area contributed by atoms with Gasteiger partial charge >= 0.3 is 6.18 Å². The highest BCUT2D eigenvalue weighted by molar-refractivity contribution is 5.86. The number of nitrogens with one attached hydrogen (secondary N) is 1. The number of benzene rings is 3. The standard InChI is InChI=1S/C21H14F3N3/c22-21(23,24)17-8-5-15(6-9-17)19-12-20(26-13-25-19)27-18-10-7-14-3-1-2-4-16(14)11-18/h1-13H,(H,25,26,27). The molecule has 0 radical (unpaired) electrons. The molecule has 0 aliphatic carbocycles. The molecular formula is C21H14F3N3. The van der Waals surface area contributed by atoms with E-state index in [0.29, 0.717) is 17.1 Å². The maximum absolute atomic E-state index is 12.7. The third kappa shape index (κ3) is 3.74. The molecule has 0 fully saturated rings. The van der Waals surface area contributed by atoms with Crippen LogP contribution in [0, 0.1) is 0 Å². The Morgan fingerprint density at radius 3 is 2.22 bits per heavy atom. The van der Waals surface area contributed by atoms with Crippen molar-refractivity contribution in [2.75, 3.05) is 5.32 Å². The molecule has 3 aromatic carbocycles. The fourth-order valence-electron chi connectivity index (χ4n) is 2.83. The minimum atomic E-state index is -4.35. The van der Waals surface area contributed by atoms with Crippen LogP contribution >= 0.6 is 0 Å². The average molecular weight is 365 g/mol. The van der Waals surface area contributed by atoms with Crippen LogP contribution in [0.25, 0.3) is 22.0 Å². The van der Waals surface area contributed by atoms with Crippen molar-refractivity contribution in [1.29, 1.82) is 0 Å². The summed E-state index contributed by atoms with van der Waals surface area (Å²) in [4.78, 5) is 8.36. The topological polar surface area (TPSA) is 37.8 Å². The monoisotopic (exact) mass is 365 g/mol. The summed E-state index contributed by atoms with van der Waals surface area (Å²) in [6, 6.07) is 20.6. The maximum Gasteiger partial charge on any atom is 0.416 e. The Labute approximate surface area is 153 Å². The van der Waals surface area contributed by atoms with Gasteiger partial charge in [0.25, 0.3) is 0 Å². The van der Waals surface area contributed by atoms with Gasteiger partial charge in [-0.25, -0.2) is 9.97 Å². The molecule has 27 heavy (non-hydrogen) atoms. The number of halogens is 3. The van der Waals surface area contributed by atoms with Crippen LogP contribution in [-0.4, -0.2) is 9.97 Å². The predicted molar refractivity (Wildman–Crippen MR) is 99.7 cm³/mol. The second kappa shape index (κ2) is 6.72. The highest BCUT2D eigenvalue weighted by Crippen LogP contribution is 2.31. The molecule has 0 amide bonds. The Balaban J connectivity index is 1.60. The molecule has 3 nitrogen and oxygen atoms in total. The molecular weight excluding hydrogens is 351 g/mol. The van der Waals surface area contributed by atoms with Crippen molar-refractivity contribution in [2.24, 2.45) is 0 Å². The lowest BCUT2D eigenvalue weighted by Crippen LogP contribution is -2.04. The second-order valence-electron chi connectivity index (χ2n) is 6.05. The third-order valence-corrected chi connectivity index (χ3v) is 4.20. The molecule has 4 aromatic rings. The van der Waals surface area contributed by atoms with Gasteiger partial charge in [-0.2, -0.15) is 13.2 Å². The predicted octanol–water partition coefficient (Wildman–Crippen LogP) is 6.06. The van der Waals surface area contributed by atoms with Gasteiger partial charge in [-0.05, 0) is 35.0 Å². The van der Waals surface area contributed by atoms with E-state index in [2.05, 4.69) is 15.3 Å². The molecule has 0 atom stereocenters. The molecule has 0 aliphatic rings. The van der Waals surface area contributed by atoms with Gasteiger partial charge in [0.2, 0.25) is 0 Å². The lowest BCUT2D eigenvalue weighted by Gasteiger charge is -2.09. The van der Waals surface area contributed by atoms with Gasteiger partial charge in [0.15, 0.2) is 0 Å². The Hall–Kier alpha value is -3.41. The number of hydrogen-bond acceptors (Lipinski definition) is 3. The Bertz CT molecular complexity index is 1090. The van der Waals surface area contributed by atoms with Crippen LogP contribution in [0.1, 0.15) is 5.56 Å². The molecule has 134 valence electrons. The SMILES string of the molecule is FC(F)(F)c1ccc(-c2cc(Nc3ccc4ccccc4c3)ncn2)cc1. The number of anilines is 2. The van der Waals surface area contributed by atoms with E-state index < -0.39 is 11.7 Å². The number of hydrogen-bond donors (Lipinski definition) is 1. The van der Waals surface area contributed by atoms with Gasteiger partial charge in [0.05, 0.1) is 11.3 Å². The van der Waals surface area contributed by atoms with Gasteiger partial charge in [-0.3, -0.25) is 0 Å². The maximum atomic E-state index is 12.7. The van der Waals surface area contributed by atoms with Crippen molar-refractivity contribution in [3.8, 4) is 11.3 Å². The Morgan fingerprint density at radius 2 is 1.48 bits per heavy atom. The quantitative estimate of drug-likeness (QED) is 0.480. The van der Waals surface area contributed by atoms with Crippen molar-refractivity contribution < 1.29 is 13.2 Å². The molecule has 0 saturated heterocycles. The summed E-state index contributed by atoms with van der Waals surface area (Å²) in [6.07, 6.45) is -2.97. The van der Waals surface area contributed by atoms with Gasteiger partial charge in [0.1, 0.15) is 12.1 Å². The van der Waals surface area contributed by atoms with Crippen molar-refractivity contribution in [3.63, 3.8) is 0 Å². The fourth-order valence-corrected chi connectivity index (χ4v) is 2.83. The van der Waals surface area contributed by atoms with Crippen molar-refractivity contribution in [3.05, 3.63) is 84.7 Å². The highest BCUT2D eigenvalue weighted by atomic mass is 19.4. The fraction of sp³-hybridized carbons (Fsp3) is 0.0476. The molecule has 0 unspecified atom stereocenters. The molecule has 0 spiro atoms. The average Bonchev–Trinajstić information content (AvgIpc) is 2.68. The van der Waals surface area contributed by atoms with Crippen molar-refractivity contribution >= 4 is 22.3 Å². The van der Waals surface area contributed by atoms with E-state index in [4.69, 9.17) is 0 Å². The summed E-state index contributed by atoms with van der Waals surface area (Å²) in [5, 5.41) is 5.44. The Morgan fingerprint density at radius 1 is 0.741 bits per heavy atom. The first-order valence-electron chi connectivity index (χ1n) is 8.24. The summed E-state index contributed by atoms with van der Waals surface area (Å²) in [5.74, 6) is 0.565. The lowest BCUT2D eigenvalue weighted by molar-refractivity contribution is -0.137. The van der Waals surface area contributed by atoms with E-state index in [-0.39, 0.29) is 0 Å². The van der Waals surface area contributed by atoms with Crippen LogP contribution < -0.4 is 5.32 Å². The largest absolute Gasteiger partial charge is 0.416 e. The molecule has 1 N–H and O–H groups in total. The molecule has 0 bridgehead atoms. The van der Waals surface area contributed by atoms with E-state index in [1.54, 1.807) is 6.07 Å². The summed E-state index contributed by atoms with van der Waals surface area (Å²) in [5.41, 5.74) is 1.31. The molecule has 1 aromatic heterocycles. The number of nitrogens with zero attached hydrogens (tertiary/aromatic N) is 2. The van der Waals surface area contributed by atoms with Crippen LogP contribution in [0.5, 0.6) is 0 Å². The van der Waals surface area contributed by atoms with Crippen LogP contribution in [0.4, 0.5) is 24.7 Å². The lowest BCUT2D eigenvalue weighted by atomic mass is 10.1. The first-order valence-corrected chi connectivity index (χ1v) is 8.24. The molecule has 4 rings (SSSR count). The number of alkyl halides is 3. The van der Waals surface area contributed by atoms with E-state index >= 15 is 0 Å². The Kier molecular flexibility index (Phi) is 4.24. The minimum absolute atomic E-state index is 0.544. The normalized spacial score (nSPS) is 11.5. The zero-order valence-electron chi connectivity index (χ0n) is 14.0. The van der Waals surface area contributed by atoms with Crippen molar-refractivity contribution in [1.82, 2.24) is 9.97 Å². The second-order valence-corrected chi connectivity index (χ2v) is 6.05. The van der Waals surface area contributed by atoms with Crippen LogP contribution in [0.15, 0.2) is 79.1 Å². The van der Waals surface area contributed by atoms with Gasteiger partial charge in [0, 0.05) is 17.3 Å². The summed E-state index contributed by atoms with van der Waals surface area (Å²) in [6.45, 7) is 0. The first kappa shape index (κ1) is 17.0. The molecule has 0 saturated carbocycles. The van der Waals surface area contributed by atoms with Gasteiger partial charge in [-0.15, -0.1) is 0 Å². The van der Waals surface area contributed by atoms with E-state index in [0.717, 1.165) is 28.6 Å². The first-order chi connectivity index (χ1) is 13.0. The molecule has 1 heterocycles. The number of rotatable bonds is 3. The molecule has 0 aliphatic heterocycles. The minimum Gasteiger partial charge on any atom is -0.340 e. The summed E-state index contributed by atoms with van der Waals surface area (Å²) in [7, 11) is 0. The van der Waals surface area contributed by atoms with E-state index in [1.807, 2.05) is 42.5 Å². The highest BCUT2D eigenvalue weighted by Gasteiger charge is 2.30. The van der Waals surface area contributed by atoms with Gasteiger partial charge in [-0.1, -0.05) is 42.5 Å². The number of aromatic nitrogens is 2. The smallest absolute Gasteiger partial charge is 0.340 e. The van der Waals surface area contributed by atoms with E-state index in [1.165, 1.54) is 18.5 Å². The zero-order valence-corrected chi connectivity index (χ0v) is 14.0. The summed E-state index contributed by atoms with van der Waals surface area (Å²) < 4.78 is 38.1. The van der Waals surface area contributed by atoms with Crippen molar-refractivity contribution in [2.45, 2.75) is 6.18 Å². The van der Waals surface area contributed by atoms with Crippen LogP contribution in [-0.2, 0) is 6.18 Å². The molecule has 6 heteroatoms. The third-order valence-electron chi connectivity index (χ3n) is 4.20. The number of fused-ring (bicyclic) bond motifs is 1. The van der Waals surface area contributed by atoms with Crippen LogP contribution in [0.3, 0.4) is 0 Å². The zero-order chi connectivity index (χ0) is 18.9.